The first-order valence-electron chi connectivity index (χ1n) is 12.7. The van der Waals surface area contributed by atoms with Crippen LogP contribution < -0.4 is 10.6 Å². The summed E-state index contributed by atoms with van der Waals surface area (Å²) in [6.07, 6.45) is 5.80. The van der Waals surface area contributed by atoms with Gasteiger partial charge in [0.15, 0.2) is 5.54 Å². The monoisotopic (exact) mass is 511 g/mol. The van der Waals surface area contributed by atoms with Gasteiger partial charge < -0.3 is 14.8 Å². The van der Waals surface area contributed by atoms with Crippen LogP contribution in [-0.4, -0.2) is 48.3 Å². The van der Waals surface area contributed by atoms with Crippen LogP contribution in [0, 0.1) is 12.7 Å². The molecule has 2 unspecified atom stereocenters. The number of halogens is 1. The third kappa shape index (κ3) is 3.46. The largest absolute Gasteiger partial charge is 0.370 e. The maximum atomic E-state index is 13.5. The number of nitrogens with zero attached hydrogens (tertiary/aromatic N) is 6. The molecule has 0 aliphatic carbocycles. The van der Waals surface area contributed by atoms with E-state index >= 15 is 0 Å². The number of amidine groups is 1. The summed E-state index contributed by atoms with van der Waals surface area (Å²) in [5.41, 5.74) is 3.81. The van der Waals surface area contributed by atoms with Crippen molar-refractivity contribution in [2.75, 3.05) is 6.54 Å². The van der Waals surface area contributed by atoms with Crippen LogP contribution in [-0.2, 0) is 18.5 Å². The number of benzene rings is 1. The van der Waals surface area contributed by atoms with E-state index in [1.807, 2.05) is 36.1 Å². The average Bonchev–Trinajstić information content (AvgIpc) is 3.74. The fourth-order valence-electron chi connectivity index (χ4n) is 5.63. The fraction of sp³-hybridized carbons (Fsp3) is 0.296. The van der Waals surface area contributed by atoms with Gasteiger partial charge in [0, 0.05) is 42.7 Å². The van der Waals surface area contributed by atoms with Gasteiger partial charge in [-0.15, -0.1) is 0 Å². The smallest absolute Gasteiger partial charge is 0.223 e. The van der Waals surface area contributed by atoms with E-state index in [9.17, 15) is 4.39 Å². The number of para-hydroxylation sites is 1. The molecule has 0 fully saturated rings. The highest BCUT2D eigenvalue weighted by Crippen LogP contribution is 2.43. The Bertz CT molecular complexity index is 1670. The van der Waals surface area contributed by atoms with Gasteiger partial charge in [-0.2, -0.15) is 10.1 Å². The Morgan fingerprint density at radius 2 is 2.08 bits per heavy atom. The number of pyridine rings is 1. The molecule has 0 saturated carbocycles. The minimum absolute atomic E-state index is 0.198. The predicted octanol–water partition coefficient (Wildman–Crippen LogP) is 3.16. The number of aryl methyl sites for hydroxylation is 2. The Kier molecular flexibility index (Phi) is 5.15. The third-order valence-electron chi connectivity index (χ3n) is 7.43. The molecule has 1 aromatic carbocycles. The maximum Gasteiger partial charge on any atom is 0.223 e. The van der Waals surface area contributed by atoms with E-state index in [4.69, 9.17) is 14.5 Å². The van der Waals surface area contributed by atoms with Crippen molar-refractivity contribution in [3.05, 3.63) is 95.0 Å². The molecule has 2 aliphatic heterocycles. The van der Waals surface area contributed by atoms with E-state index in [1.165, 1.54) is 12.3 Å². The van der Waals surface area contributed by atoms with Crippen LogP contribution in [0.25, 0.3) is 10.9 Å². The lowest BCUT2D eigenvalue weighted by atomic mass is 9.79. The van der Waals surface area contributed by atoms with Crippen molar-refractivity contribution in [2.24, 2.45) is 4.99 Å². The SMILES string of the molecule is CCn1cc(C2(c3noc(C)n3)N[C@@H](C3=NC(c4ccc(F)cn4)CN3)Cc3c2[nH]c2ccccc32)cn1. The fourth-order valence-corrected chi connectivity index (χ4v) is 5.63. The lowest BCUT2D eigenvalue weighted by Gasteiger charge is -2.39. The summed E-state index contributed by atoms with van der Waals surface area (Å²) in [7, 11) is 0. The van der Waals surface area contributed by atoms with Crippen molar-refractivity contribution in [1.29, 1.82) is 0 Å². The molecule has 10 nitrogen and oxygen atoms in total. The highest BCUT2D eigenvalue weighted by atomic mass is 19.1. The van der Waals surface area contributed by atoms with Crippen LogP contribution in [0.1, 0.15) is 47.2 Å². The topological polar surface area (TPSA) is 122 Å². The quantitative estimate of drug-likeness (QED) is 0.331. The van der Waals surface area contributed by atoms with E-state index in [2.05, 4.69) is 43.0 Å². The van der Waals surface area contributed by atoms with E-state index in [1.54, 1.807) is 13.0 Å². The van der Waals surface area contributed by atoms with Crippen LogP contribution in [0.4, 0.5) is 4.39 Å². The molecule has 0 bridgehead atoms. The lowest BCUT2D eigenvalue weighted by Crippen LogP contribution is -2.59. The van der Waals surface area contributed by atoms with Gasteiger partial charge in [-0.1, -0.05) is 23.4 Å². The molecular weight excluding hydrogens is 485 g/mol. The minimum atomic E-state index is -0.959. The molecule has 2 aliphatic rings. The Hall–Kier alpha value is -4.38. The molecule has 0 saturated heterocycles. The van der Waals surface area contributed by atoms with E-state index in [0.717, 1.165) is 45.8 Å². The van der Waals surface area contributed by atoms with Gasteiger partial charge in [-0.05, 0) is 37.1 Å². The Morgan fingerprint density at radius 3 is 2.84 bits per heavy atom. The zero-order valence-corrected chi connectivity index (χ0v) is 20.9. The number of hydrogen-bond acceptors (Lipinski definition) is 8. The number of aromatic amines is 1. The number of hydrogen-bond donors (Lipinski definition) is 3. The molecule has 38 heavy (non-hydrogen) atoms. The van der Waals surface area contributed by atoms with Crippen LogP contribution in [0.3, 0.4) is 0 Å². The van der Waals surface area contributed by atoms with Crippen LogP contribution in [0.2, 0.25) is 0 Å². The summed E-state index contributed by atoms with van der Waals surface area (Å²) in [6.45, 7) is 5.14. The van der Waals surface area contributed by atoms with Gasteiger partial charge in [0.2, 0.25) is 11.7 Å². The van der Waals surface area contributed by atoms with Crippen LogP contribution in [0.5, 0.6) is 0 Å². The second-order valence-corrected chi connectivity index (χ2v) is 9.71. The molecule has 7 rings (SSSR count). The number of H-pyrrole nitrogens is 1. The van der Waals surface area contributed by atoms with Crippen molar-refractivity contribution in [2.45, 2.75) is 44.4 Å². The molecule has 11 heteroatoms. The number of aromatic nitrogens is 6. The Labute approximate surface area is 217 Å². The van der Waals surface area contributed by atoms with Crippen molar-refractivity contribution in [1.82, 2.24) is 40.5 Å². The molecule has 3 N–H and O–H groups in total. The number of aliphatic imine (C=N–C) groups is 1. The number of rotatable bonds is 5. The van der Waals surface area contributed by atoms with E-state index < -0.39 is 5.54 Å². The summed E-state index contributed by atoms with van der Waals surface area (Å²) in [4.78, 5) is 17.6. The zero-order valence-electron chi connectivity index (χ0n) is 20.9. The van der Waals surface area contributed by atoms with Gasteiger partial charge in [-0.3, -0.25) is 20.0 Å². The predicted molar refractivity (Wildman–Crippen MR) is 138 cm³/mol. The molecule has 0 amide bonds. The van der Waals surface area contributed by atoms with Crippen molar-refractivity contribution in [3.63, 3.8) is 0 Å². The number of nitrogens with one attached hydrogen (secondary N) is 3. The first-order chi connectivity index (χ1) is 18.5. The van der Waals surface area contributed by atoms with Crippen molar-refractivity contribution >= 4 is 16.7 Å². The average molecular weight is 512 g/mol. The summed E-state index contributed by atoms with van der Waals surface area (Å²) in [5.74, 6) is 1.42. The van der Waals surface area contributed by atoms with E-state index in [0.29, 0.717) is 24.7 Å². The molecular formula is C27H26FN9O. The molecule has 6 heterocycles. The van der Waals surface area contributed by atoms with Crippen molar-refractivity contribution < 1.29 is 8.91 Å². The maximum absolute atomic E-state index is 13.5. The normalized spacial score (nSPS) is 22.9. The van der Waals surface area contributed by atoms with Crippen LogP contribution in [0.15, 0.2) is 64.5 Å². The van der Waals surface area contributed by atoms with Gasteiger partial charge in [0.1, 0.15) is 17.7 Å². The second kappa shape index (κ2) is 8.59. The van der Waals surface area contributed by atoms with Crippen LogP contribution >= 0.6 is 0 Å². The summed E-state index contributed by atoms with van der Waals surface area (Å²) < 4.78 is 20.9. The number of fused-ring (bicyclic) bond motifs is 3. The summed E-state index contributed by atoms with van der Waals surface area (Å²) >= 11 is 0. The molecule has 4 aromatic heterocycles. The van der Waals surface area contributed by atoms with Gasteiger partial charge in [0.05, 0.1) is 29.8 Å². The van der Waals surface area contributed by atoms with Gasteiger partial charge in [-0.25, -0.2) is 4.39 Å². The summed E-state index contributed by atoms with van der Waals surface area (Å²) in [6, 6.07) is 11.0. The Morgan fingerprint density at radius 1 is 1.18 bits per heavy atom. The molecule has 192 valence electrons. The highest BCUT2D eigenvalue weighted by Gasteiger charge is 2.50. The molecule has 0 radical (unpaired) electrons. The highest BCUT2D eigenvalue weighted by molar-refractivity contribution is 5.93. The summed E-state index contributed by atoms with van der Waals surface area (Å²) in [5, 5.41) is 17.5. The zero-order chi connectivity index (χ0) is 25.9. The first-order valence-corrected chi connectivity index (χ1v) is 12.7. The Balaban J connectivity index is 1.41. The van der Waals surface area contributed by atoms with Gasteiger partial charge >= 0.3 is 0 Å². The van der Waals surface area contributed by atoms with Gasteiger partial charge in [0.25, 0.3) is 0 Å². The standard InChI is InChI=1S/C27H26FN9O/c1-3-37-14-16(11-31-37)27(26-32-15(2)38-36-26)24-19(18-6-4-5-7-20(18)33-24)10-22(35-27)25-30-13-23(34-25)21-9-8-17(28)12-29-21/h4-9,11-12,14,22-23,33,35H,3,10,13H2,1-2H3,(H,30,34)/t22-,23?,27?/m1/s1. The molecule has 3 atom stereocenters. The third-order valence-corrected chi connectivity index (χ3v) is 7.43. The van der Waals surface area contributed by atoms with Crippen molar-refractivity contribution in [3.8, 4) is 0 Å². The van der Waals surface area contributed by atoms with E-state index in [-0.39, 0.29) is 17.9 Å². The minimum Gasteiger partial charge on any atom is -0.370 e. The second-order valence-electron chi connectivity index (χ2n) is 9.71. The first kappa shape index (κ1) is 22.8. The molecule has 5 aromatic rings. The molecule has 0 spiro atoms. The lowest BCUT2D eigenvalue weighted by molar-refractivity contribution is 0.344.